The summed E-state index contributed by atoms with van der Waals surface area (Å²) in [5, 5.41) is 16.6. The molecular weight excluding hydrogens is 390 g/mol. The lowest BCUT2D eigenvalue weighted by atomic mass is 10.2. The number of nitro benzene ring substituents is 1. The van der Waals surface area contributed by atoms with Crippen molar-refractivity contribution in [2.24, 2.45) is 5.10 Å². The molecule has 4 rings (SSSR count). The Kier molecular flexibility index (Phi) is 5.13. The van der Waals surface area contributed by atoms with E-state index in [9.17, 15) is 10.1 Å². The van der Waals surface area contributed by atoms with Crippen LogP contribution in [0.1, 0.15) is 5.56 Å². The Balaban J connectivity index is 1.74. The van der Waals surface area contributed by atoms with Crippen LogP contribution in [0.5, 0.6) is 0 Å². The van der Waals surface area contributed by atoms with Crippen molar-refractivity contribution in [2.75, 3.05) is 5.43 Å². The van der Waals surface area contributed by atoms with Crippen molar-refractivity contribution in [3.05, 3.63) is 93.5 Å². The summed E-state index contributed by atoms with van der Waals surface area (Å²) in [6, 6.07) is 21.2. The second-order valence-electron chi connectivity index (χ2n) is 6.08. The maximum Gasteiger partial charge on any atom is 0.278 e. The summed E-state index contributed by atoms with van der Waals surface area (Å²) in [4.78, 5) is 19.9. The first-order valence-corrected chi connectivity index (χ1v) is 9.05. The fourth-order valence-electron chi connectivity index (χ4n) is 2.85. The number of anilines is 1. The van der Waals surface area contributed by atoms with Gasteiger partial charge >= 0.3 is 0 Å². The van der Waals surface area contributed by atoms with Gasteiger partial charge in [-0.1, -0.05) is 48.0 Å². The molecule has 0 unspecified atom stereocenters. The molecule has 1 aromatic heterocycles. The molecule has 1 heterocycles. The Hall–Kier alpha value is -3.84. The summed E-state index contributed by atoms with van der Waals surface area (Å²) in [6.45, 7) is 0. The molecule has 0 aliphatic heterocycles. The minimum Gasteiger partial charge on any atom is -0.261 e. The van der Waals surface area contributed by atoms with E-state index in [1.807, 2.05) is 42.5 Å². The van der Waals surface area contributed by atoms with Gasteiger partial charge in [0.25, 0.3) is 5.69 Å². The topological polar surface area (TPSA) is 93.3 Å². The zero-order chi connectivity index (χ0) is 20.2. The summed E-state index contributed by atoms with van der Waals surface area (Å²) < 4.78 is 0. The largest absolute Gasteiger partial charge is 0.278 e. The average molecular weight is 404 g/mol. The van der Waals surface area contributed by atoms with E-state index in [0.29, 0.717) is 27.8 Å². The first-order valence-electron chi connectivity index (χ1n) is 8.67. The predicted octanol–water partition coefficient (Wildman–Crippen LogP) is 5.30. The van der Waals surface area contributed by atoms with Crippen molar-refractivity contribution >= 4 is 40.2 Å². The molecule has 0 fully saturated rings. The molecule has 0 saturated carbocycles. The minimum atomic E-state index is -0.447. The molecule has 0 amide bonds. The third-order valence-electron chi connectivity index (χ3n) is 4.23. The number of rotatable bonds is 5. The Bertz CT molecular complexity index is 1240. The summed E-state index contributed by atoms with van der Waals surface area (Å²) >= 11 is 6.30. The number of nitro groups is 1. The normalized spacial score (nSPS) is 11.1. The second kappa shape index (κ2) is 8.04. The van der Waals surface area contributed by atoms with Crippen LogP contribution < -0.4 is 5.43 Å². The maximum absolute atomic E-state index is 11.2. The van der Waals surface area contributed by atoms with Crippen LogP contribution in [0.25, 0.3) is 22.3 Å². The van der Waals surface area contributed by atoms with Gasteiger partial charge in [0.2, 0.25) is 0 Å². The third-order valence-corrected chi connectivity index (χ3v) is 4.56. The zero-order valence-corrected chi connectivity index (χ0v) is 15.7. The van der Waals surface area contributed by atoms with Crippen LogP contribution in [0.3, 0.4) is 0 Å². The van der Waals surface area contributed by atoms with Crippen molar-refractivity contribution in [1.29, 1.82) is 0 Å². The molecule has 0 radical (unpaired) electrons. The fourth-order valence-corrected chi connectivity index (χ4v) is 3.07. The van der Waals surface area contributed by atoms with E-state index in [0.717, 1.165) is 10.9 Å². The van der Waals surface area contributed by atoms with E-state index in [1.165, 1.54) is 12.3 Å². The molecule has 0 bridgehead atoms. The molecule has 0 atom stereocenters. The Labute approximate surface area is 170 Å². The molecule has 0 saturated heterocycles. The molecular formula is C21H14ClN5O2. The molecule has 1 N–H and O–H groups in total. The number of hydrogen-bond acceptors (Lipinski definition) is 6. The smallest absolute Gasteiger partial charge is 0.261 e. The first kappa shape index (κ1) is 18.5. The molecule has 3 aromatic carbocycles. The van der Waals surface area contributed by atoms with Gasteiger partial charge in [-0.25, -0.2) is 9.97 Å². The van der Waals surface area contributed by atoms with Gasteiger partial charge in [-0.3, -0.25) is 15.5 Å². The van der Waals surface area contributed by atoms with E-state index >= 15 is 0 Å². The monoisotopic (exact) mass is 403 g/mol. The van der Waals surface area contributed by atoms with Gasteiger partial charge in [-0.05, 0) is 30.3 Å². The molecule has 0 aliphatic carbocycles. The highest BCUT2D eigenvalue weighted by Crippen LogP contribution is 2.29. The number of fused-ring (bicyclic) bond motifs is 1. The van der Waals surface area contributed by atoms with Crippen molar-refractivity contribution in [2.45, 2.75) is 0 Å². The molecule has 0 aliphatic rings. The van der Waals surface area contributed by atoms with Crippen molar-refractivity contribution in [3.63, 3.8) is 0 Å². The molecule has 8 heteroatoms. The van der Waals surface area contributed by atoms with Crippen LogP contribution in [0.15, 0.2) is 77.9 Å². The second-order valence-corrected chi connectivity index (χ2v) is 6.49. The highest BCUT2D eigenvalue weighted by Gasteiger charge is 2.12. The molecule has 0 spiro atoms. The molecule has 4 aromatic rings. The van der Waals surface area contributed by atoms with E-state index in [-0.39, 0.29) is 5.69 Å². The lowest BCUT2D eigenvalue weighted by Gasteiger charge is -2.09. The summed E-state index contributed by atoms with van der Waals surface area (Å²) in [6.07, 6.45) is 1.39. The van der Waals surface area contributed by atoms with Crippen LogP contribution in [-0.4, -0.2) is 21.1 Å². The van der Waals surface area contributed by atoms with Gasteiger partial charge in [0.05, 0.1) is 27.2 Å². The van der Waals surface area contributed by atoms with Crippen molar-refractivity contribution in [1.82, 2.24) is 9.97 Å². The Morgan fingerprint density at radius 3 is 2.52 bits per heavy atom. The van der Waals surface area contributed by atoms with Gasteiger partial charge in [0.1, 0.15) is 0 Å². The molecule has 7 nitrogen and oxygen atoms in total. The van der Waals surface area contributed by atoms with Crippen LogP contribution in [0.4, 0.5) is 11.5 Å². The Morgan fingerprint density at radius 2 is 1.69 bits per heavy atom. The van der Waals surface area contributed by atoms with Gasteiger partial charge in [-0.15, -0.1) is 0 Å². The SMILES string of the molecule is O=[N+]([O-])c1ccccc1/C=N/Nc1nc(-c2ccccc2Cl)nc2ccccc12. The fraction of sp³-hybridized carbons (Fsp3) is 0. The van der Waals surface area contributed by atoms with Crippen LogP contribution in [-0.2, 0) is 0 Å². The van der Waals surface area contributed by atoms with Crippen LogP contribution in [0, 0.1) is 10.1 Å². The lowest BCUT2D eigenvalue weighted by Crippen LogP contribution is -2.00. The van der Waals surface area contributed by atoms with Gasteiger partial charge < -0.3 is 0 Å². The average Bonchev–Trinajstić information content (AvgIpc) is 2.74. The summed E-state index contributed by atoms with van der Waals surface area (Å²) in [7, 11) is 0. The van der Waals surface area contributed by atoms with E-state index in [2.05, 4.69) is 20.5 Å². The standard InChI is InChI=1S/C21H14ClN5O2/c22-17-10-4-2-8-15(17)20-24-18-11-5-3-9-16(18)21(25-20)26-23-13-14-7-1-6-12-19(14)27(28)29/h1-13H,(H,24,25,26)/b23-13+. The van der Waals surface area contributed by atoms with Gasteiger partial charge in [0, 0.05) is 17.0 Å². The van der Waals surface area contributed by atoms with Crippen LogP contribution >= 0.6 is 11.6 Å². The number of para-hydroxylation sites is 2. The number of hydrazone groups is 1. The van der Waals surface area contributed by atoms with Crippen molar-refractivity contribution < 1.29 is 4.92 Å². The number of nitrogens with one attached hydrogen (secondary N) is 1. The highest BCUT2D eigenvalue weighted by molar-refractivity contribution is 6.33. The number of nitrogens with zero attached hydrogens (tertiary/aromatic N) is 4. The maximum atomic E-state index is 11.2. The number of benzene rings is 3. The van der Waals surface area contributed by atoms with Gasteiger partial charge in [-0.2, -0.15) is 5.10 Å². The predicted molar refractivity (Wildman–Crippen MR) is 114 cm³/mol. The third kappa shape index (κ3) is 3.90. The summed E-state index contributed by atoms with van der Waals surface area (Å²) in [5.74, 6) is 0.929. The Morgan fingerprint density at radius 1 is 0.966 bits per heavy atom. The number of hydrogen-bond donors (Lipinski definition) is 1. The van der Waals surface area contributed by atoms with E-state index in [1.54, 1.807) is 24.3 Å². The highest BCUT2D eigenvalue weighted by atomic mass is 35.5. The molecule has 29 heavy (non-hydrogen) atoms. The van der Waals surface area contributed by atoms with E-state index in [4.69, 9.17) is 11.6 Å². The van der Waals surface area contributed by atoms with Crippen molar-refractivity contribution in [3.8, 4) is 11.4 Å². The number of aromatic nitrogens is 2. The molecule has 142 valence electrons. The van der Waals surface area contributed by atoms with Crippen LogP contribution in [0.2, 0.25) is 5.02 Å². The summed E-state index contributed by atoms with van der Waals surface area (Å²) in [5.41, 5.74) is 4.67. The van der Waals surface area contributed by atoms with Gasteiger partial charge in [0.15, 0.2) is 11.6 Å². The number of halogens is 1. The zero-order valence-electron chi connectivity index (χ0n) is 15.0. The van der Waals surface area contributed by atoms with E-state index < -0.39 is 4.92 Å². The quantitative estimate of drug-likeness (QED) is 0.277. The lowest BCUT2D eigenvalue weighted by molar-refractivity contribution is -0.385. The minimum absolute atomic E-state index is 0.0256. The first-order chi connectivity index (χ1) is 14.1.